The maximum atomic E-state index is 6.00. The molecule has 0 aliphatic heterocycles. The molecule has 0 aromatic heterocycles. The van der Waals surface area contributed by atoms with Crippen LogP contribution in [0.5, 0.6) is 0 Å². The second-order valence-electron chi connectivity index (χ2n) is 4.57. The van der Waals surface area contributed by atoms with Crippen LogP contribution in [0.15, 0.2) is 18.2 Å². The van der Waals surface area contributed by atoms with Gasteiger partial charge < -0.3 is 0 Å². The molecule has 0 atom stereocenters. The average Bonchev–Trinajstić information content (AvgIpc) is 2.01. The molecule has 0 saturated carbocycles. The van der Waals surface area contributed by atoms with Gasteiger partial charge in [-0.3, -0.25) is 0 Å². The lowest BCUT2D eigenvalue weighted by Crippen LogP contribution is -2.06. The van der Waals surface area contributed by atoms with Crippen LogP contribution >= 0.6 is 11.6 Å². The lowest BCUT2D eigenvalue weighted by Gasteiger charge is -2.17. The van der Waals surface area contributed by atoms with E-state index in [1.54, 1.807) is 0 Å². The van der Waals surface area contributed by atoms with Gasteiger partial charge in [-0.15, -0.1) is 0 Å². The molecule has 0 amide bonds. The maximum Gasteiger partial charge on any atom is 0.0516 e. The molecule has 0 bridgehead atoms. The SMILES string of the molecule is CC(C)(C)CCc1ccc[c]c1Cl. The summed E-state index contributed by atoms with van der Waals surface area (Å²) in [5, 5.41) is 0.770. The van der Waals surface area contributed by atoms with E-state index in [0.717, 1.165) is 17.9 Å². The van der Waals surface area contributed by atoms with Crippen LogP contribution in [0.3, 0.4) is 0 Å². The van der Waals surface area contributed by atoms with Gasteiger partial charge in [0, 0.05) is 6.07 Å². The molecule has 1 radical (unpaired) electrons. The average molecular weight is 196 g/mol. The van der Waals surface area contributed by atoms with Gasteiger partial charge in [-0.1, -0.05) is 50.6 Å². The highest BCUT2D eigenvalue weighted by atomic mass is 35.5. The zero-order valence-corrected chi connectivity index (χ0v) is 9.28. The summed E-state index contributed by atoms with van der Waals surface area (Å²) in [4.78, 5) is 0. The van der Waals surface area contributed by atoms with Gasteiger partial charge in [0.2, 0.25) is 0 Å². The molecule has 0 aliphatic rings. The lowest BCUT2D eigenvalue weighted by molar-refractivity contribution is 0.378. The Morgan fingerprint density at radius 1 is 1.38 bits per heavy atom. The van der Waals surface area contributed by atoms with Crippen molar-refractivity contribution in [3.8, 4) is 0 Å². The molecule has 13 heavy (non-hydrogen) atoms. The van der Waals surface area contributed by atoms with Crippen molar-refractivity contribution in [1.29, 1.82) is 0 Å². The lowest BCUT2D eigenvalue weighted by atomic mass is 9.89. The molecule has 0 heterocycles. The third kappa shape index (κ3) is 3.82. The third-order valence-electron chi connectivity index (χ3n) is 2.03. The fourth-order valence-corrected chi connectivity index (χ4v) is 1.37. The van der Waals surface area contributed by atoms with Crippen LogP contribution in [0.2, 0.25) is 5.02 Å². The van der Waals surface area contributed by atoms with E-state index in [0.29, 0.717) is 5.41 Å². The molecule has 0 aliphatic carbocycles. The van der Waals surface area contributed by atoms with Crippen LogP contribution in [-0.2, 0) is 6.42 Å². The maximum absolute atomic E-state index is 6.00. The predicted molar refractivity (Wildman–Crippen MR) is 58.1 cm³/mol. The highest BCUT2D eigenvalue weighted by molar-refractivity contribution is 6.31. The fraction of sp³-hybridized carbons (Fsp3) is 0.500. The molecule has 0 N–H and O–H groups in total. The Labute approximate surface area is 85.9 Å². The number of aryl methyl sites for hydroxylation is 1. The second-order valence-corrected chi connectivity index (χ2v) is 4.95. The van der Waals surface area contributed by atoms with Gasteiger partial charge in [-0.25, -0.2) is 0 Å². The molecule has 1 aromatic carbocycles. The number of hydrogen-bond donors (Lipinski definition) is 0. The van der Waals surface area contributed by atoms with Crippen molar-refractivity contribution in [2.75, 3.05) is 0 Å². The van der Waals surface area contributed by atoms with Crippen molar-refractivity contribution < 1.29 is 0 Å². The van der Waals surface area contributed by atoms with Gasteiger partial charge in [0.1, 0.15) is 0 Å². The molecule has 0 spiro atoms. The van der Waals surface area contributed by atoms with Crippen molar-refractivity contribution in [3.63, 3.8) is 0 Å². The number of rotatable bonds is 2. The number of halogens is 1. The van der Waals surface area contributed by atoms with Crippen molar-refractivity contribution >= 4 is 11.6 Å². The summed E-state index contributed by atoms with van der Waals surface area (Å²) in [6.45, 7) is 6.73. The van der Waals surface area contributed by atoms with Gasteiger partial charge in [0.15, 0.2) is 0 Å². The molecule has 0 fully saturated rings. The fourth-order valence-electron chi connectivity index (χ4n) is 1.15. The minimum absolute atomic E-state index is 0.374. The first kappa shape index (κ1) is 10.6. The van der Waals surface area contributed by atoms with E-state index in [4.69, 9.17) is 11.6 Å². The van der Waals surface area contributed by atoms with Crippen LogP contribution in [0.25, 0.3) is 0 Å². The van der Waals surface area contributed by atoms with E-state index >= 15 is 0 Å². The van der Waals surface area contributed by atoms with Gasteiger partial charge >= 0.3 is 0 Å². The molecule has 0 unspecified atom stereocenters. The molecule has 1 aromatic rings. The van der Waals surface area contributed by atoms with Crippen LogP contribution < -0.4 is 0 Å². The van der Waals surface area contributed by atoms with E-state index < -0.39 is 0 Å². The first-order valence-electron chi connectivity index (χ1n) is 4.64. The van der Waals surface area contributed by atoms with Crippen molar-refractivity contribution in [2.24, 2.45) is 5.41 Å². The van der Waals surface area contributed by atoms with E-state index in [-0.39, 0.29) is 0 Å². The minimum Gasteiger partial charge on any atom is -0.0834 e. The van der Waals surface area contributed by atoms with Gasteiger partial charge in [-0.05, 0) is 23.8 Å². The summed E-state index contributed by atoms with van der Waals surface area (Å²) in [7, 11) is 0. The molecule has 1 rings (SSSR count). The standard InChI is InChI=1S/C12H16Cl/c1-12(2,3)9-8-10-6-4-5-7-11(10)13/h4-6H,8-9H2,1-3H3. The molecular formula is C12H16Cl. The Balaban J connectivity index is 2.60. The number of hydrogen-bond acceptors (Lipinski definition) is 0. The van der Waals surface area contributed by atoms with Crippen LogP contribution in [-0.4, -0.2) is 0 Å². The summed E-state index contributed by atoms with van der Waals surface area (Å²) in [5.41, 5.74) is 1.58. The van der Waals surface area contributed by atoms with Crippen LogP contribution in [0.4, 0.5) is 0 Å². The predicted octanol–water partition coefficient (Wildman–Crippen LogP) is 4.12. The van der Waals surface area contributed by atoms with Gasteiger partial charge in [0.05, 0.1) is 5.02 Å². The van der Waals surface area contributed by atoms with Crippen molar-refractivity contribution in [3.05, 3.63) is 34.9 Å². The smallest absolute Gasteiger partial charge is 0.0516 e. The highest BCUT2D eigenvalue weighted by Gasteiger charge is 2.10. The minimum atomic E-state index is 0.374. The topological polar surface area (TPSA) is 0 Å². The second kappa shape index (κ2) is 4.15. The normalized spacial score (nSPS) is 11.7. The summed E-state index contributed by atoms with van der Waals surface area (Å²) in [6, 6.07) is 8.92. The van der Waals surface area contributed by atoms with Crippen LogP contribution in [0, 0.1) is 11.5 Å². The Morgan fingerprint density at radius 3 is 2.62 bits per heavy atom. The van der Waals surface area contributed by atoms with Crippen LogP contribution in [0.1, 0.15) is 32.8 Å². The molecule has 71 valence electrons. The van der Waals surface area contributed by atoms with Crippen molar-refractivity contribution in [1.82, 2.24) is 0 Å². The van der Waals surface area contributed by atoms with E-state index in [9.17, 15) is 0 Å². The highest BCUT2D eigenvalue weighted by Crippen LogP contribution is 2.24. The summed E-state index contributed by atoms with van der Waals surface area (Å²) < 4.78 is 0. The third-order valence-corrected chi connectivity index (χ3v) is 2.38. The Bertz CT molecular complexity index is 271. The Kier molecular flexibility index (Phi) is 3.38. The summed E-state index contributed by atoms with van der Waals surface area (Å²) in [6.07, 6.45) is 2.20. The van der Waals surface area contributed by atoms with E-state index in [1.807, 2.05) is 12.1 Å². The quantitative estimate of drug-likeness (QED) is 0.666. The Hall–Kier alpha value is -0.490. The van der Waals surface area contributed by atoms with E-state index in [2.05, 4.69) is 32.9 Å². The zero-order valence-electron chi connectivity index (χ0n) is 8.52. The van der Waals surface area contributed by atoms with Crippen molar-refractivity contribution in [2.45, 2.75) is 33.6 Å². The first-order valence-corrected chi connectivity index (χ1v) is 5.02. The molecule has 0 nitrogen and oxygen atoms in total. The summed E-state index contributed by atoms with van der Waals surface area (Å²) in [5.74, 6) is 0. The van der Waals surface area contributed by atoms with Gasteiger partial charge in [-0.2, -0.15) is 0 Å². The Morgan fingerprint density at radius 2 is 2.08 bits per heavy atom. The zero-order chi connectivity index (χ0) is 9.90. The molecule has 1 heteroatoms. The summed E-state index contributed by atoms with van der Waals surface area (Å²) >= 11 is 6.00. The monoisotopic (exact) mass is 195 g/mol. The van der Waals surface area contributed by atoms with E-state index in [1.165, 1.54) is 5.56 Å². The molecular weight excluding hydrogens is 180 g/mol. The van der Waals surface area contributed by atoms with Gasteiger partial charge in [0.25, 0.3) is 0 Å². The number of benzene rings is 1. The largest absolute Gasteiger partial charge is 0.0834 e. The molecule has 0 saturated heterocycles. The first-order chi connectivity index (χ1) is 5.99.